The molecular weight excluding hydrogens is 392 g/mol. The molecule has 0 unspecified atom stereocenters. The zero-order valence-corrected chi connectivity index (χ0v) is 17.2. The molecule has 2 heterocycles. The summed E-state index contributed by atoms with van der Waals surface area (Å²) >= 11 is 0. The first-order valence-corrected chi connectivity index (χ1v) is 11.3. The summed E-state index contributed by atoms with van der Waals surface area (Å²) in [5.41, 5.74) is 1.74. The number of hydrogen-bond donors (Lipinski definition) is 1. The zero-order valence-electron chi connectivity index (χ0n) is 16.4. The lowest BCUT2D eigenvalue weighted by Crippen LogP contribution is -2.45. The molecule has 2 aliphatic rings. The van der Waals surface area contributed by atoms with Crippen molar-refractivity contribution in [2.75, 3.05) is 32.6 Å². The molecule has 0 aliphatic carbocycles. The van der Waals surface area contributed by atoms with Crippen LogP contribution in [0.5, 0.6) is 11.5 Å². The first kappa shape index (κ1) is 20.2. The topological polar surface area (TPSA) is 79.3 Å². The summed E-state index contributed by atoms with van der Waals surface area (Å²) in [5, 5.41) is 10.1. The molecule has 2 atom stereocenters. The molecule has 7 nitrogen and oxygen atoms in total. The predicted octanol–water partition coefficient (Wildman–Crippen LogP) is 1.82. The Balaban J connectivity index is 1.54. The molecule has 0 saturated carbocycles. The Morgan fingerprint density at radius 3 is 2.59 bits per heavy atom. The third-order valence-electron chi connectivity index (χ3n) is 5.60. The Morgan fingerprint density at radius 2 is 1.86 bits per heavy atom. The van der Waals surface area contributed by atoms with Crippen LogP contribution in [0.1, 0.15) is 11.1 Å². The normalized spacial score (nSPS) is 24.7. The number of rotatable bonds is 5. The Morgan fingerprint density at radius 1 is 1.10 bits per heavy atom. The Labute approximate surface area is 171 Å². The van der Waals surface area contributed by atoms with Gasteiger partial charge in [-0.3, -0.25) is 4.90 Å². The number of phenols is 1. The van der Waals surface area contributed by atoms with Gasteiger partial charge in [-0.2, -0.15) is 4.31 Å². The number of methoxy groups -OCH3 is 1. The first-order valence-electron chi connectivity index (χ1n) is 9.69. The molecule has 0 amide bonds. The summed E-state index contributed by atoms with van der Waals surface area (Å²) in [7, 11) is -1.83. The van der Waals surface area contributed by atoms with Crippen molar-refractivity contribution in [3.8, 4) is 11.5 Å². The molecule has 2 fully saturated rings. The molecule has 0 spiro atoms. The first-order chi connectivity index (χ1) is 14.0. The number of aromatic hydroxyl groups is 1. The van der Waals surface area contributed by atoms with Crippen LogP contribution in [0, 0.1) is 0 Å². The van der Waals surface area contributed by atoms with E-state index in [1.807, 2.05) is 36.4 Å². The molecule has 2 aromatic carbocycles. The summed E-state index contributed by atoms with van der Waals surface area (Å²) in [6, 6.07) is 14.4. The average molecular weight is 419 g/mol. The van der Waals surface area contributed by atoms with Crippen molar-refractivity contribution in [1.82, 2.24) is 9.21 Å². The van der Waals surface area contributed by atoms with Gasteiger partial charge >= 0.3 is 0 Å². The van der Waals surface area contributed by atoms with Crippen LogP contribution in [-0.2, 0) is 27.8 Å². The largest absolute Gasteiger partial charge is 0.508 e. The lowest BCUT2D eigenvalue weighted by Gasteiger charge is -2.28. The van der Waals surface area contributed by atoms with Crippen LogP contribution in [0.4, 0.5) is 0 Å². The van der Waals surface area contributed by atoms with Gasteiger partial charge in [0.05, 0.1) is 31.6 Å². The number of sulfonamides is 1. The van der Waals surface area contributed by atoms with Gasteiger partial charge < -0.3 is 14.6 Å². The predicted molar refractivity (Wildman–Crippen MR) is 109 cm³/mol. The summed E-state index contributed by atoms with van der Waals surface area (Å²) in [6.45, 7) is 2.26. The fourth-order valence-corrected chi connectivity index (χ4v) is 5.54. The van der Waals surface area contributed by atoms with E-state index in [4.69, 9.17) is 9.47 Å². The minimum atomic E-state index is -3.43. The Hall–Kier alpha value is -2.13. The monoisotopic (exact) mass is 418 g/mol. The highest BCUT2D eigenvalue weighted by Crippen LogP contribution is 2.29. The van der Waals surface area contributed by atoms with E-state index < -0.39 is 10.0 Å². The van der Waals surface area contributed by atoms with Gasteiger partial charge in [-0.15, -0.1) is 0 Å². The highest BCUT2D eigenvalue weighted by atomic mass is 32.2. The third-order valence-corrected chi connectivity index (χ3v) is 7.39. The van der Waals surface area contributed by atoms with Crippen LogP contribution in [0.15, 0.2) is 48.5 Å². The summed E-state index contributed by atoms with van der Waals surface area (Å²) in [5.74, 6) is 0.988. The number of nitrogens with zero attached hydrogens (tertiary/aromatic N) is 2. The van der Waals surface area contributed by atoms with Gasteiger partial charge in [0.2, 0.25) is 10.0 Å². The summed E-state index contributed by atoms with van der Waals surface area (Å²) in [6.07, 6.45) is -0.184. The summed E-state index contributed by atoms with van der Waals surface area (Å²) < 4.78 is 38.6. The van der Waals surface area contributed by atoms with E-state index in [0.29, 0.717) is 26.2 Å². The van der Waals surface area contributed by atoms with Crippen molar-refractivity contribution in [2.24, 2.45) is 0 Å². The van der Waals surface area contributed by atoms with Gasteiger partial charge in [0.15, 0.2) is 0 Å². The molecule has 156 valence electrons. The van der Waals surface area contributed by atoms with Gasteiger partial charge in [0.1, 0.15) is 11.5 Å². The van der Waals surface area contributed by atoms with Crippen molar-refractivity contribution in [2.45, 2.75) is 25.2 Å². The highest BCUT2D eigenvalue weighted by molar-refractivity contribution is 7.89. The second-order valence-corrected chi connectivity index (χ2v) is 9.55. The van der Waals surface area contributed by atoms with Crippen molar-refractivity contribution in [1.29, 1.82) is 0 Å². The van der Waals surface area contributed by atoms with Crippen molar-refractivity contribution in [3.05, 3.63) is 59.7 Å². The van der Waals surface area contributed by atoms with E-state index in [2.05, 4.69) is 4.90 Å². The number of ether oxygens (including phenoxy) is 2. The molecule has 2 aromatic rings. The smallest absolute Gasteiger partial charge is 0.217 e. The lowest BCUT2D eigenvalue weighted by atomic mass is 10.1. The third kappa shape index (κ3) is 4.40. The van der Waals surface area contributed by atoms with E-state index in [9.17, 15) is 13.5 Å². The second-order valence-electron chi connectivity index (χ2n) is 7.51. The van der Waals surface area contributed by atoms with E-state index in [-0.39, 0.29) is 30.3 Å². The molecule has 2 aliphatic heterocycles. The van der Waals surface area contributed by atoms with E-state index >= 15 is 0 Å². The van der Waals surface area contributed by atoms with Gasteiger partial charge in [0, 0.05) is 31.7 Å². The molecule has 0 radical (unpaired) electrons. The summed E-state index contributed by atoms with van der Waals surface area (Å²) in [4.78, 5) is 2.15. The highest BCUT2D eigenvalue weighted by Gasteiger charge is 2.44. The van der Waals surface area contributed by atoms with Gasteiger partial charge in [-0.1, -0.05) is 30.3 Å². The minimum absolute atomic E-state index is 0.00434. The van der Waals surface area contributed by atoms with Gasteiger partial charge in [0.25, 0.3) is 0 Å². The maximum absolute atomic E-state index is 13.0. The fourth-order valence-electron chi connectivity index (χ4n) is 4.04. The Kier molecular flexibility index (Phi) is 5.78. The second kappa shape index (κ2) is 8.31. The number of hydrogen-bond acceptors (Lipinski definition) is 6. The molecule has 2 saturated heterocycles. The van der Waals surface area contributed by atoms with E-state index in [1.54, 1.807) is 23.5 Å². The average Bonchev–Trinajstić information content (AvgIpc) is 3.05. The standard InChI is InChI=1S/C21H26N2O5S/c1-27-18-8-6-16(7-9-18)12-23-19-14-22(13-17-4-2-3-5-20(17)24)15-21(19)28-10-11-29(23,25)26/h2-9,19,21,24H,10-15H2,1H3/t19-,21+/m1/s1. The van der Waals surface area contributed by atoms with Gasteiger partial charge in [-0.05, 0) is 23.8 Å². The number of likely N-dealkylation sites (tertiary alicyclic amines) is 1. The van der Waals surface area contributed by atoms with Crippen molar-refractivity contribution < 1.29 is 23.0 Å². The van der Waals surface area contributed by atoms with Crippen LogP contribution in [0.2, 0.25) is 0 Å². The quantitative estimate of drug-likeness (QED) is 0.798. The van der Waals surface area contributed by atoms with Gasteiger partial charge in [-0.25, -0.2) is 8.42 Å². The molecule has 1 N–H and O–H groups in total. The van der Waals surface area contributed by atoms with Crippen LogP contribution in [0.3, 0.4) is 0 Å². The van der Waals surface area contributed by atoms with Crippen LogP contribution in [-0.4, -0.2) is 67.4 Å². The SMILES string of the molecule is COc1ccc(CN2[C@@H]3CN(Cc4ccccc4O)C[C@@H]3OCCS2(=O)=O)cc1. The van der Waals surface area contributed by atoms with E-state index in [1.165, 1.54) is 0 Å². The molecule has 4 rings (SSSR count). The maximum Gasteiger partial charge on any atom is 0.217 e. The molecular formula is C21H26N2O5S. The minimum Gasteiger partial charge on any atom is -0.508 e. The van der Waals surface area contributed by atoms with Crippen molar-refractivity contribution >= 4 is 10.0 Å². The molecule has 0 aromatic heterocycles. The number of phenolic OH excluding ortho intramolecular Hbond substituents is 1. The molecule has 29 heavy (non-hydrogen) atoms. The number of benzene rings is 2. The fraction of sp³-hybridized carbons (Fsp3) is 0.429. The van der Waals surface area contributed by atoms with Crippen molar-refractivity contribution in [3.63, 3.8) is 0 Å². The Bertz CT molecular complexity index is 948. The van der Waals surface area contributed by atoms with Crippen LogP contribution >= 0.6 is 0 Å². The van der Waals surface area contributed by atoms with Crippen LogP contribution < -0.4 is 4.74 Å². The molecule has 0 bridgehead atoms. The number of para-hydroxylation sites is 1. The zero-order chi connectivity index (χ0) is 20.4. The lowest BCUT2D eigenvalue weighted by molar-refractivity contribution is 0.0458. The molecule has 8 heteroatoms. The maximum atomic E-state index is 13.0. The van der Waals surface area contributed by atoms with Crippen LogP contribution in [0.25, 0.3) is 0 Å². The van der Waals surface area contributed by atoms with E-state index in [0.717, 1.165) is 16.9 Å². The number of fused-ring (bicyclic) bond motifs is 1.